The first-order valence-electron chi connectivity index (χ1n) is 5.51. The van der Waals surface area contributed by atoms with Gasteiger partial charge in [0.2, 0.25) is 0 Å². The van der Waals surface area contributed by atoms with Gasteiger partial charge in [0.05, 0.1) is 24.4 Å². The van der Waals surface area contributed by atoms with Crippen molar-refractivity contribution in [2.45, 2.75) is 10.8 Å². The van der Waals surface area contributed by atoms with E-state index in [9.17, 15) is 8.42 Å². The number of sulfonamides is 1. The molecule has 1 aromatic carbocycles. The predicted octanol–water partition coefficient (Wildman–Crippen LogP) is 2.70. The highest BCUT2D eigenvalue weighted by atomic mass is 35.5. The highest BCUT2D eigenvalue weighted by Gasteiger charge is 2.17. The monoisotopic (exact) mass is 333 g/mol. The van der Waals surface area contributed by atoms with Crippen LogP contribution in [-0.4, -0.2) is 20.6 Å². The minimum Gasteiger partial charge on any atom is -0.495 e. The molecule has 5 nitrogen and oxygen atoms in total. The van der Waals surface area contributed by atoms with Crippen molar-refractivity contribution in [3.63, 3.8) is 0 Å². The third-order valence-electron chi connectivity index (χ3n) is 2.48. The van der Waals surface area contributed by atoms with Gasteiger partial charge in [-0.25, -0.2) is 8.42 Å². The van der Waals surface area contributed by atoms with Crippen molar-refractivity contribution in [2.75, 3.05) is 11.8 Å². The Morgan fingerprint density at radius 2 is 2.15 bits per heavy atom. The molecule has 0 spiro atoms. The summed E-state index contributed by atoms with van der Waals surface area (Å²) in [6.07, 6.45) is 0. The summed E-state index contributed by atoms with van der Waals surface area (Å²) in [5, 5.41) is 10.9. The van der Waals surface area contributed by atoms with Crippen LogP contribution in [0.25, 0.3) is 0 Å². The van der Waals surface area contributed by atoms with Gasteiger partial charge in [-0.2, -0.15) is 0 Å². The average Bonchev–Trinajstić information content (AvgIpc) is 2.88. The molecule has 1 aromatic heterocycles. The van der Waals surface area contributed by atoms with Crippen molar-refractivity contribution in [3.05, 3.63) is 40.2 Å². The number of aliphatic hydroxyl groups excluding tert-OH is 1. The van der Waals surface area contributed by atoms with Gasteiger partial charge >= 0.3 is 0 Å². The minimum atomic E-state index is -3.68. The Labute approximate surface area is 125 Å². The molecule has 0 fully saturated rings. The summed E-state index contributed by atoms with van der Waals surface area (Å²) in [6.45, 7) is -0.194. The molecule has 0 saturated carbocycles. The third-order valence-corrected chi connectivity index (χ3v) is 5.65. The van der Waals surface area contributed by atoms with E-state index in [0.717, 1.165) is 11.3 Å². The maximum Gasteiger partial charge on any atom is 0.271 e. The Kier molecular flexibility index (Phi) is 4.54. The zero-order valence-corrected chi connectivity index (χ0v) is 12.8. The standard InChI is InChI=1S/C12H12ClNO4S2/c1-18-11-3-2-9(5-10(11)13)14-20(16,17)12-4-8(6-15)7-19-12/h2-5,7,14-15H,6H2,1H3. The Morgan fingerprint density at radius 1 is 1.40 bits per heavy atom. The summed E-state index contributed by atoms with van der Waals surface area (Å²) in [4.78, 5) is 0. The van der Waals surface area contributed by atoms with Crippen molar-refractivity contribution < 1.29 is 18.3 Å². The summed E-state index contributed by atoms with van der Waals surface area (Å²) in [7, 11) is -2.20. The molecular weight excluding hydrogens is 322 g/mol. The molecule has 0 saturated heterocycles. The second kappa shape index (κ2) is 6.01. The lowest BCUT2D eigenvalue weighted by Crippen LogP contribution is -2.11. The van der Waals surface area contributed by atoms with E-state index in [1.807, 2.05) is 0 Å². The number of thiophene rings is 1. The fraction of sp³-hybridized carbons (Fsp3) is 0.167. The topological polar surface area (TPSA) is 75.6 Å². The molecule has 0 bridgehead atoms. The van der Waals surface area contributed by atoms with Gasteiger partial charge in [0.1, 0.15) is 9.96 Å². The molecule has 2 aromatic rings. The molecule has 108 valence electrons. The molecule has 0 unspecified atom stereocenters. The summed E-state index contributed by atoms with van der Waals surface area (Å²) in [6, 6.07) is 6.03. The summed E-state index contributed by atoms with van der Waals surface area (Å²) in [5.74, 6) is 0.466. The molecule has 0 amide bonds. The van der Waals surface area contributed by atoms with E-state index in [1.54, 1.807) is 17.5 Å². The van der Waals surface area contributed by atoms with Crippen LogP contribution in [0.2, 0.25) is 5.02 Å². The number of ether oxygens (including phenoxy) is 1. The number of aliphatic hydroxyl groups is 1. The normalized spacial score (nSPS) is 11.3. The molecule has 0 aliphatic rings. The van der Waals surface area contributed by atoms with Gasteiger partial charge in [-0.1, -0.05) is 11.6 Å². The zero-order valence-electron chi connectivity index (χ0n) is 10.5. The lowest BCUT2D eigenvalue weighted by Gasteiger charge is -2.08. The van der Waals surface area contributed by atoms with Crippen LogP contribution in [0.15, 0.2) is 33.9 Å². The molecule has 2 N–H and O–H groups in total. The number of hydrogen-bond acceptors (Lipinski definition) is 5. The van der Waals surface area contributed by atoms with Crippen LogP contribution < -0.4 is 9.46 Å². The summed E-state index contributed by atoms with van der Waals surface area (Å²) < 4.78 is 31.8. The molecule has 1 heterocycles. The number of hydrogen-bond donors (Lipinski definition) is 2. The van der Waals surface area contributed by atoms with Crippen LogP contribution in [0.3, 0.4) is 0 Å². The van der Waals surface area contributed by atoms with Crippen molar-refractivity contribution in [2.24, 2.45) is 0 Å². The van der Waals surface area contributed by atoms with Crippen molar-refractivity contribution in [1.82, 2.24) is 0 Å². The van der Waals surface area contributed by atoms with Crippen molar-refractivity contribution in [1.29, 1.82) is 0 Å². The number of halogens is 1. The van der Waals surface area contributed by atoms with Crippen LogP contribution in [0, 0.1) is 0 Å². The maximum absolute atomic E-state index is 12.1. The smallest absolute Gasteiger partial charge is 0.271 e. The highest BCUT2D eigenvalue weighted by molar-refractivity contribution is 7.94. The maximum atomic E-state index is 12.1. The number of nitrogens with one attached hydrogen (secondary N) is 1. The molecular formula is C12H12ClNO4S2. The second-order valence-electron chi connectivity index (χ2n) is 3.89. The lowest BCUT2D eigenvalue weighted by molar-refractivity contribution is 0.282. The molecule has 0 radical (unpaired) electrons. The number of rotatable bonds is 5. The molecule has 20 heavy (non-hydrogen) atoms. The summed E-state index contributed by atoms with van der Waals surface area (Å²) in [5.41, 5.74) is 0.901. The molecule has 0 aliphatic carbocycles. The molecule has 0 aliphatic heterocycles. The first-order chi connectivity index (χ1) is 9.46. The van der Waals surface area contributed by atoms with E-state index in [-0.39, 0.29) is 10.8 Å². The van der Waals surface area contributed by atoms with Crippen LogP contribution in [0.1, 0.15) is 5.56 Å². The van der Waals surface area contributed by atoms with Crippen LogP contribution in [-0.2, 0) is 16.6 Å². The SMILES string of the molecule is COc1ccc(NS(=O)(=O)c2cc(CO)cs2)cc1Cl. The third kappa shape index (κ3) is 3.24. The van der Waals surface area contributed by atoms with Gasteiger partial charge in [-0.15, -0.1) is 11.3 Å². The highest BCUT2D eigenvalue weighted by Crippen LogP contribution is 2.29. The van der Waals surface area contributed by atoms with E-state index in [0.29, 0.717) is 22.0 Å². The first kappa shape index (κ1) is 15.1. The van der Waals surface area contributed by atoms with E-state index in [4.69, 9.17) is 21.4 Å². The van der Waals surface area contributed by atoms with Gasteiger partial charge in [-0.05, 0) is 35.2 Å². The zero-order chi connectivity index (χ0) is 14.8. The largest absolute Gasteiger partial charge is 0.495 e. The Bertz CT molecular complexity index is 712. The molecule has 2 rings (SSSR count). The van der Waals surface area contributed by atoms with Crippen LogP contribution >= 0.6 is 22.9 Å². The Morgan fingerprint density at radius 3 is 2.70 bits per heavy atom. The molecule has 8 heteroatoms. The van der Waals surface area contributed by atoms with Gasteiger partial charge < -0.3 is 9.84 Å². The fourth-order valence-electron chi connectivity index (χ4n) is 1.51. The van der Waals surface area contributed by atoms with Gasteiger partial charge in [-0.3, -0.25) is 4.72 Å². The lowest BCUT2D eigenvalue weighted by atomic mass is 10.3. The predicted molar refractivity (Wildman–Crippen MR) is 79.1 cm³/mol. The Balaban J connectivity index is 2.26. The van der Waals surface area contributed by atoms with Gasteiger partial charge in [0, 0.05) is 0 Å². The van der Waals surface area contributed by atoms with Crippen LogP contribution in [0.5, 0.6) is 5.75 Å². The van der Waals surface area contributed by atoms with E-state index in [1.165, 1.54) is 19.2 Å². The van der Waals surface area contributed by atoms with E-state index >= 15 is 0 Å². The average molecular weight is 334 g/mol. The Hall–Kier alpha value is -1.28. The van der Waals surface area contributed by atoms with Crippen LogP contribution in [0.4, 0.5) is 5.69 Å². The number of methoxy groups -OCH3 is 1. The van der Waals surface area contributed by atoms with E-state index in [2.05, 4.69) is 4.72 Å². The number of anilines is 1. The van der Waals surface area contributed by atoms with Gasteiger partial charge in [0.25, 0.3) is 10.0 Å². The first-order valence-corrected chi connectivity index (χ1v) is 8.25. The van der Waals surface area contributed by atoms with Gasteiger partial charge in [0.15, 0.2) is 0 Å². The van der Waals surface area contributed by atoms with E-state index < -0.39 is 10.0 Å². The fourth-order valence-corrected chi connectivity index (χ4v) is 4.02. The number of benzene rings is 1. The molecule has 0 atom stereocenters. The van der Waals surface area contributed by atoms with Crippen molar-refractivity contribution in [3.8, 4) is 5.75 Å². The minimum absolute atomic E-state index is 0.133. The quantitative estimate of drug-likeness (QED) is 0.882. The van der Waals surface area contributed by atoms with Crippen molar-refractivity contribution >= 4 is 38.6 Å². The summed E-state index contributed by atoms with van der Waals surface area (Å²) >= 11 is 6.98. The second-order valence-corrected chi connectivity index (χ2v) is 7.11.